The summed E-state index contributed by atoms with van der Waals surface area (Å²) in [6, 6.07) is 20.5. The summed E-state index contributed by atoms with van der Waals surface area (Å²) in [7, 11) is 0. The summed E-state index contributed by atoms with van der Waals surface area (Å²) in [5, 5.41) is 0. The molecule has 0 bridgehead atoms. The zero-order valence-electron chi connectivity index (χ0n) is 19.5. The van der Waals surface area contributed by atoms with Crippen LogP contribution in [0.3, 0.4) is 0 Å². The minimum absolute atomic E-state index is 0.000505. The van der Waals surface area contributed by atoms with Gasteiger partial charge in [-0.05, 0) is 54.8 Å². The first-order valence-electron chi connectivity index (χ1n) is 11.7. The van der Waals surface area contributed by atoms with Crippen LogP contribution in [0.15, 0.2) is 66.7 Å². The first-order valence-corrected chi connectivity index (χ1v) is 11.7. The standard InChI is InChI=1S/C28H28FN3O2/c1-19-6-5-7-20(2)27(19)34-15-14-32-25-9-4-3-8-24(25)30-28(32)22-16-26(33)31(18-22)17-21-10-12-23(29)13-11-21/h3-13,22H,14-18H2,1-2H3/t22-/m1/s1. The van der Waals surface area contributed by atoms with Crippen LogP contribution in [0.4, 0.5) is 4.39 Å². The molecule has 3 aromatic carbocycles. The highest BCUT2D eigenvalue weighted by molar-refractivity contribution is 5.81. The maximum Gasteiger partial charge on any atom is 0.223 e. The number of likely N-dealkylation sites (tertiary alicyclic amines) is 1. The van der Waals surface area contributed by atoms with E-state index >= 15 is 0 Å². The summed E-state index contributed by atoms with van der Waals surface area (Å²) < 4.78 is 21.6. The van der Waals surface area contributed by atoms with Gasteiger partial charge >= 0.3 is 0 Å². The number of amides is 1. The van der Waals surface area contributed by atoms with Crippen molar-refractivity contribution in [2.24, 2.45) is 0 Å². The van der Waals surface area contributed by atoms with Crippen molar-refractivity contribution >= 4 is 16.9 Å². The molecule has 34 heavy (non-hydrogen) atoms. The minimum atomic E-state index is -0.272. The van der Waals surface area contributed by atoms with E-state index in [-0.39, 0.29) is 17.6 Å². The van der Waals surface area contributed by atoms with E-state index in [9.17, 15) is 9.18 Å². The van der Waals surface area contributed by atoms with Crippen molar-refractivity contribution in [3.63, 3.8) is 0 Å². The summed E-state index contributed by atoms with van der Waals surface area (Å²) in [6.07, 6.45) is 0.419. The molecule has 174 valence electrons. The number of halogens is 1. The van der Waals surface area contributed by atoms with Gasteiger partial charge in [-0.25, -0.2) is 9.37 Å². The lowest BCUT2D eigenvalue weighted by molar-refractivity contribution is -0.128. The van der Waals surface area contributed by atoms with Crippen LogP contribution in [0.25, 0.3) is 11.0 Å². The normalized spacial score (nSPS) is 15.9. The molecular formula is C28H28FN3O2. The van der Waals surface area contributed by atoms with Crippen molar-refractivity contribution < 1.29 is 13.9 Å². The number of carbonyl (C=O) groups is 1. The Kier molecular flexibility index (Phi) is 6.05. The molecule has 0 N–H and O–H groups in total. The van der Waals surface area contributed by atoms with Gasteiger partial charge in [0.2, 0.25) is 5.91 Å². The van der Waals surface area contributed by atoms with Gasteiger partial charge in [0.05, 0.1) is 17.6 Å². The number of nitrogens with zero attached hydrogens (tertiary/aromatic N) is 3. The second-order valence-electron chi connectivity index (χ2n) is 8.98. The summed E-state index contributed by atoms with van der Waals surface area (Å²) in [5.41, 5.74) is 5.13. The van der Waals surface area contributed by atoms with Gasteiger partial charge in [-0.3, -0.25) is 4.79 Å². The van der Waals surface area contributed by atoms with E-state index in [1.54, 1.807) is 12.1 Å². The van der Waals surface area contributed by atoms with Crippen LogP contribution < -0.4 is 4.74 Å². The Labute approximate surface area is 198 Å². The van der Waals surface area contributed by atoms with Gasteiger partial charge in [-0.15, -0.1) is 0 Å². The Morgan fingerprint density at radius 3 is 2.50 bits per heavy atom. The van der Waals surface area contributed by atoms with E-state index in [0.29, 0.717) is 32.7 Å². The SMILES string of the molecule is Cc1cccc(C)c1OCCn1c([C@@H]2CC(=O)N(Cc3ccc(F)cc3)C2)nc2ccccc21. The van der Waals surface area contributed by atoms with Crippen molar-refractivity contribution in [1.82, 2.24) is 14.5 Å². The summed E-state index contributed by atoms with van der Waals surface area (Å²) in [6.45, 7) is 6.34. The average molecular weight is 458 g/mol. The van der Waals surface area contributed by atoms with Gasteiger partial charge in [0.15, 0.2) is 0 Å². The number of aryl methyl sites for hydroxylation is 2. The lowest BCUT2D eigenvalue weighted by atomic mass is 10.1. The molecule has 6 heteroatoms. The number of imidazole rings is 1. The fourth-order valence-corrected chi connectivity index (χ4v) is 4.81. The molecule has 1 aliphatic rings. The van der Waals surface area contributed by atoms with Gasteiger partial charge in [-0.2, -0.15) is 0 Å². The van der Waals surface area contributed by atoms with Crippen LogP contribution in [0, 0.1) is 19.7 Å². The van der Waals surface area contributed by atoms with E-state index in [2.05, 4.69) is 36.6 Å². The largest absolute Gasteiger partial charge is 0.491 e. The molecular weight excluding hydrogens is 429 g/mol. The smallest absolute Gasteiger partial charge is 0.223 e. The molecule has 1 saturated heterocycles. The topological polar surface area (TPSA) is 47.4 Å². The predicted molar refractivity (Wildman–Crippen MR) is 130 cm³/mol. The highest BCUT2D eigenvalue weighted by Crippen LogP contribution is 2.31. The summed E-state index contributed by atoms with van der Waals surface area (Å²) in [5.74, 6) is 1.67. The van der Waals surface area contributed by atoms with Crippen LogP contribution >= 0.6 is 0 Å². The molecule has 5 nitrogen and oxygen atoms in total. The number of aromatic nitrogens is 2. The number of hydrogen-bond donors (Lipinski definition) is 0. The third-order valence-electron chi connectivity index (χ3n) is 6.52. The third kappa shape index (κ3) is 4.40. The highest BCUT2D eigenvalue weighted by Gasteiger charge is 2.34. The van der Waals surface area contributed by atoms with Crippen molar-refractivity contribution in [1.29, 1.82) is 0 Å². The quantitative estimate of drug-likeness (QED) is 0.374. The molecule has 1 aliphatic heterocycles. The van der Waals surface area contributed by atoms with E-state index in [4.69, 9.17) is 9.72 Å². The Morgan fingerprint density at radius 1 is 1.00 bits per heavy atom. The summed E-state index contributed by atoms with van der Waals surface area (Å²) >= 11 is 0. The van der Waals surface area contributed by atoms with E-state index in [0.717, 1.165) is 39.3 Å². The molecule has 0 saturated carbocycles. The Bertz CT molecular complexity index is 1310. The fraction of sp³-hybridized carbons (Fsp3) is 0.286. The Balaban J connectivity index is 1.36. The predicted octanol–water partition coefficient (Wildman–Crippen LogP) is 5.39. The number of para-hydroxylation sites is 3. The number of benzene rings is 3. The van der Waals surface area contributed by atoms with Crippen molar-refractivity contribution in [3.05, 3.63) is 95.1 Å². The molecule has 0 unspecified atom stereocenters. The molecule has 1 fully saturated rings. The third-order valence-corrected chi connectivity index (χ3v) is 6.52. The van der Waals surface area contributed by atoms with E-state index in [1.165, 1.54) is 12.1 Å². The number of ether oxygens (including phenoxy) is 1. The molecule has 0 aliphatic carbocycles. The molecule has 2 heterocycles. The van der Waals surface area contributed by atoms with Crippen LogP contribution in [-0.2, 0) is 17.9 Å². The lowest BCUT2D eigenvalue weighted by Crippen LogP contribution is -2.24. The maximum atomic E-state index is 13.3. The molecule has 1 aromatic heterocycles. The van der Waals surface area contributed by atoms with Crippen molar-refractivity contribution in [2.75, 3.05) is 13.2 Å². The molecule has 5 rings (SSSR count). The van der Waals surface area contributed by atoms with Crippen LogP contribution in [-0.4, -0.2) is 33.5 Å². The number of fused-ring (bicyclic) bond motifs is 1. The first kappa shape index (κ1) is 22.1. The average Bonchev–Trinajstić information content (AvgIpc) is 3.37. The molecule has 4 aromatic rings. The van der Waals surface area contributed by atoms with Crippen molar-refractivity contribution in [3.8, 4) is 5.75 Å². The van der Waals surface area contributed by atoms with Crippen LogP contribution in [0.1, 0.15) is 34.9 Å². The van der Waals surface area contributed by atoms with Crippen LogP contribution in [0.5, 0.6) is 5.75 Å². The Hall–Kier alpha value is -3.67. The van der Waals surface area contributed by atoms with Crippen LogP contribution in [0.2, 0.25) is 0 Å². The van der Waals surface area contributed by atoms with Gasteiger partial charge in [-0.1, -0.05) is 42.5 Å². The zero-order chi connectivity index (χ0) is 23.7. The summed E-state index contributed by atoms with van der Waals surface area (Å²) in [4.78, 5) is 19.6. The number of carbonyl (C=O) groups excluding carboxylic acids is 1. The van der Waals surface area contributed by atoms with E-state index in [1.807, 2.05) is 29.2 Å². The lowest BCUT2D eigenvalue weighted by Gasteiger charge is -2.18. The maximum absolute atomic E-state index is 13.3. The van der Waals surface area contributed by atoms with Gasteiger partial charge in [0.1, 0.15) is 24.0 Å². The minimum Gasteiger partial charge on any atom is -0.491 e. The Morgan fingerprint density at radius 2 is 1.74 bits per heavy atom. The first-order chi connectivity index (χ1) is 16.5. The molecule has 1 atom stereocenters. The van der Waals surface area contributed by atoms with Gasteiger partial charge in [0.25, 0.3) is 0 Å². The molecule has 0 radical (unpaired) electrons. The number of rotatable bonds is 7. The number of hydrogen-bond acceptors (Lipinski definition) is 3. The highest BCUT2D eigenvalue weighted by atomic mass is 19.1. The second-order valence-corrected chi connectivity index (χ2v) is 8.98. The fourth-order valence-electron chi connectivity index (χ4n) is 4.81. The monoisotopic (exact) mass is 457 g/mol. The van der Waals surface area contributed by atoms with Gasteiger partial charge in [0, 0.05) is 25.4 Å². The molecule has 0 spiro atoms. The van der Waals surface area contributed by atoms with E-state index < -0.39 is 0 Å². The van der Waals surface area contributed by atoms with Crippen molar-refractivity contribution in [2.45, 2.75) is 39.3 Å². The second kappa shape index (κ2) is 9.29. The zero-order valence-corrected chi connectivity index (χ0v) is 19.5. The van der Waals surface area contributed by atoms with Gasteiger partial charge < -0.3 is 14.2 Å². The molecule has 1 amide bonds.